The minimum atomic E-state index is -4.44. The Balaban J connectivity index is 1.76. The van der Waals surface area contributed by atoms with E-state index in [1.54, 1.807) is 29.2 Å². The van der Waals surface area contributed by atoms with Gasteiger partial charge in [0.05, 0.1) is 17.7 Å². The number of nitrogens with zero attached hydrogens (tertiary/aromatic N) is 3. The lowest BCUT2D eigenvalue weighted by Crippen LogP contribution is -2.32. The number of β-amino-alcohol motifs (C(OH)–C–C–N with tert-alkyl or cyclic N) is 1. The molecule has 25 heavy (non-hydrogen) atoms. The summed E-state index contributed by atoms with van der Waals surface area (Å²) in [5, 5.41) is 13.9. The predicted molar refractivity (Wildman–Crippen MR) is 83.4 cm³/mol. The molecule has 3 rings (SSSR count). The van der Waals surface area contributed by atoms with Crippen LogP contribution in [0.25, 0.3) is 0 Å². The summed E-state index contributed by atoms with van der Waals surface area (Å²) in [5.41, 5.74) is -0.367. The van der Waals surface area contributed by atoms with Crippen molar-refractivity contribution in [2.24, 2.45) is 0 Å². The molecule has 0 aliphatic carbocycles. The summed E-state index contributed by atoms with van der Waals surface area (Å²) in [5.74, 6) is -0.213. The first kappa shape index (κ1) is 17.5. The van der Waals surface area contributed by atoms with Crippen LogP contribution in [-0.2, 0) is 17.5 Å². The summed E-state index contributed by atoms with van der Waals surface area (Å²) in [7, 11) is 0. The van der Waals surface area contributed by atoms with Crippen LogP contribution < -0.4 is 0 Å². The van der Waals surface area contributed by atoms with E-state index in [4.69, 9.17) is 0 Å². The van der Waals surface area contributed by atoms with E-state index < -0.39 is 23.9 Å². The zero-order valence-electron chi connectivity index (χ0n) is 13.4. The summed E-state index contributed by atoms with van der Waals surface area (Å²) in [6, 6.07) is 6.13. The molecule has 2 aromatic rings. The maximum Gasteiger partial charge on any atom is 0.416 e. The molecule has 0 radical (unpaired) electrons. The molecule has 0 spiro atoms. The third-order valence-electron chi connectivity index (χ3n) is 4.31. The molecular weight excluding hydrogens is 335 g/mol. The van der Waals surface area contributed by atoms with Gasteiger partial charge in [-0.2, -0.15) is 18.3 Å². The molecule has 1 aromatic heterocycles. The lowest BCUT2D eigenvalue weighted by Gasteiger charge is -2.25. The molecule has 2 unspecified atom stereocenters. The number of aromatic nitrogens is 2. The predicted octanol–water partition coefficient (Wildman–Crippen LogP) is 2.63. The smallest absolute Gasteiger partial charge is 0.391 e. The van der Waals surface area contributed by atoms with E-state index in [0.717, 1.165) is 12.1 Å². The van der Waals surface area contributed by atoms with E-state index in [2.05, 4.69) is 5.10 Å². The average molecular weight is 353 g/mol. The van der Waals surface area contributed by atoms with Crippen LogP contribution in [0, 0.1) is 0 Å². The van der Waals surface area contributed by atoms with E-state index in [-0.39, 0.29) is 25.3 Å². The number of hydrogen-bond acceptors (Lipinski definition) is 3. The number of alkyl halides is 3. The summed E-state index contributed by atoms with van der Waals surface area (Å²) in [6.45, 7) is 0.507. The number of carbonyl (C=O) groups excluding carboxylic acids is 1. The van der Waals surface area contributed by atoms with Gasteiger partial charge < -0.3 is 10.0 Å². The van der Waals surface area contributed by atoms with Gasteiger partial charge in [-0.05, 0) is 30.2 Å². The van der Waals surface area contributed by atoms with Gasteiger partial charge in [0.25, 0.3) is 0 Å². The average Bonchev–Trinajstić information content (AvgIpc) is 3.21. The van der Waals surface area contributed by atoms with Crippen LogP contribution in [0.2, 0.25) is 0 Å². The molecule has 1 saturated heterocycles. The van der Waals surface area contributed by atoms with Crippen LogP contribution in [-0.4, -0.2) is 38.3 Å². The highest BCUT2D eigenvalue weighted by Crippen LogP contribution is 2.36. The normalized spacial score (nSPS) is 20.9. The minimum Gasteiger partial charge on any atom is -0.391 e. The van der Waals surface area contributed by atoms with Gasteiger partial charge in [-0.15, -0.1) is 0 Å². The van der Waals surface area contributed by atoms with Gasteiger partial charge in [0.1, 0.15) is 0 Å². The largest absolute Gasteiger partial charge is 0.416 e. The van der Waals surface area contributed by atoms with Crippen LogP contribution in [0.15, 0.2) is 42.7 Å². The van der Waals surface area contributed by atoms with Crippen molar-refractivity contribution >= 4 is 5.91 Å². The Morgan fingerprint density at radius 2 is 2.12 bits per heavy atom. The number of rotatable bonds is 4. The Morgan fingerprint density at radius 3 is 2.80 bits per heavy atom. The Kier molecular flexibility index (Phi) is 4.80. The third kappa shape index (κ3) is 4.01. The Labute approximate surface area is 142 Å². The van der Waals surface area contributed by atoms with E-state index in [9.17, 15) is 23.1 Å². The van der Waals surface area contributed by atoms with E-state index in [1.165, 1.54) is 11.0 Å². The summed E-state index contributed by atoms with van der Waals surface area (Å²) >= 11 is 0. The molecular formula is C17H18F3N3O2. The zero-order chi connectivity index (χ0) is 18.0. The van der Waals surface area contributed by atoms with Gasteiger partial charge in [-0.25, -0.2) is 0 Å². The standard InChI is InChI=1S/C17H18F3N3O2/c18-17(19,20)13-4-1-3-12(9-13)15-10-14(24)11-23(15)16(25)5-8-22-7-2-6-21-22/h1-4,6-7,9,14-15,24H,5,8,10-11H2. The van der Waals surface area contributed by atoms with Crippen molar-refractivity contribution in [1.82, 2.24) is 14.7 Å². The number of benzene rings is 1. The number of halogens is 3. The fourth-order valence-corrected chi connectivity index (χ4v) is 3.11. The topological polar surface area (TPSA) is 58.4 Å². The maximum atomic E-state index is 12.9. The van der Waals surface area contributed by atoms with Crippen molar-refractivity contribution < 1.29 is 23.1 Å². The monoisotopic (exact) mass is 353 g/mol. The van der Waals surface area contributed by atoms with Gasteiger partial charge in [0, 0.05) is 31.9 Å². The first-order valence-corrected chi connectivity index (χ1v) is 7.96. The van der Waals surface area contributed by atoms with Gasteiger partial charge in [0.15, 0.2) is 0 Å². The number of aliphatic hydroxyl groups excluding tert-OH is 1. The first-order chi connectivity index (χ1) is 11.8. The van der Waals surface area contributed by atoms with Crippen molar-refractivity contribution in [3.05, 3.63) is 53.9 Å². The fraction of sp³-hybridized carbons (Fsp3) is 0.412. The van der Waals surface area contributed by atoms with Crippen molar-refractivity contribution in [2.75, 3.05) is 6.54 Å². The molecule has 2 atom stereocenters. The Hall–Kier alpha value is -2.35. The molecule has 134 valence electrons. The molecule has 5 nitrogen and oxygen atoms in total. The summed E-state index contributed by atoms with van der Waals surface area (Å²) in [6.07, 6.45) is -1.44. The second-order valence-electron chi connectivity index (χ2n) is 6.09. The maximum absolute atomic E-state index is 12.9. The number of carbonyl (C=O) groups is 1. The molecule has 0 bridgehead atoms. The second-order valence-corrected chi connectivity index (χ2v) is 6.09. The van der Waals surface area contributed by atoms with Crippen LogP contribution >= 0.6 is 0 Å². The number of aliphatic hydroxyl groups is 1. The molecule has 1 amide bonds. The zero-order valence-corrected chi connectivity index (χ0v) is 13.4. The quantitative estimate of drug-likeness (QED) is 0.919. The molecule has 1 N–H and O–H groups in total. The second kappa shape index (κ2) is 6.87. The minimum absolute atomic E-state index is 0.124. The number of aryl methyl sites for hydroxylation is 1. The van der Waals surface area contributed by atoms with Crippen molar-refractivity contribution in [3.8, 4) is 0 Å². The van der Waals surface area contributed by atoms with Gasteiger partial charge in [0.2, 0.25) is 5.91 Å². The van der Waals surface area contributed by atoms with E-state index in [0.29, 0.717) is 12.1 Å². The molecule has 2 heterocycles. The SMILES string of the molecule is O=C(CCn1cccn1)N1CC(O)CC1c1cccc(C(F)(F)F)c1. The Morgan fingerprint density at radius 1 is 1.32 bits per heavy atom. The molecule has 0 saturated carbocycles. The molecule has 1 aliphatic rings. The molecule has 1 aromatic carbocycles. The summed E-state index contributed by atoms with van der Waals surface area (Å²) < 4.78 is 40.4. The number of amides is 1. The molecule has 8 heteroatoms. The van der Waals surface area contributed by atoms with Crippen molar-refractivity contribution in [3.63, 3.8) is 0 Å². The Bertz CT molecular complexity index is 731. The van der Waals surface area contributed by atoms with Crippen molar-refractivity contribution in [1.29, 1.82) is 0 Å². The first-order valence-electron chi connectivity index (χ1n) is 7.96. The van der Waals surface area contributed by atoms with Gasteiger partial charge in [-0.3, -0.25) is 9.48 Å². The highest BCUT2D eigenvalue weighted by Gasteiger charge is 2.37. The lowest BCUT2D eigenvalue weighted by molar-refractivity contribution is -0.137. The number of likely N-dealkylation sites (tertiary alicyclic amines) is 1. The van der Waals surface area contributed by atoms with Crippen LogP contribution in [0.1, 0.15) is 30.0 Å². The highest BCUT2D eigenvalue weighted by atomic mass is 19.4. The van der Waals surface area contributed by atoms with E-state index in [1.807, 2.05) is 0 Å². The van der Waals surface area contributed by atoms with Gasteiger partial charge in [-0.1, -0.05) is 12.1 Å². The fourth-order valence-electron chi connectivity index (χ4n) is 3.11. The molecule has 1 fully saturated rings. The lowest BCUT2D eigenvalue weighted by atomic mass is 10.0. The van der Waals surface area contributed by atoms with Gasteiger partial charge >= 0.3 is 6.18 Å². The molecule has 1 aliphatic heterocycles. The summed E-state index contributed by atoms with van der Waals surface area (Å²) in [4.78, 5) is 14.0. The van der Waals surface area contributed by atoms with Crippen LogP contribution in [0.5, 0.6) is 0 Å². The highest BCUT2D eigenvalue weighted by molar-refractivity contribution is 5.77. The van der Waals surface area contributed by atoms with E-state index >= 15 is 0 Å². The van der Waals surface area contributed by atoms with Crippen molar-refractivity contribution in [2.45, 2.75) is 37.7 Å². The number of hydrogen-bond donors (Lipinski definition) is 1. The van der Waals surface area contributed by atoms with Crippen LogP contribution in [0.3, 0.4) is 0 Å². The third-order valence-corrected chi connectivity index (χ3v) is 4.31. The van der Waals surface area contributed by atoms with Crippen LogP contribution in [0.4, 0.5) is 13.2 Å².